The quantitative estimate of drug-likeness (QED) is 0.575. The largest absolute Gasteiger partial charge is 0.480 e. The van der Waals surface area contributed by atoms with Gasteiger partial charge < -0.3 is 10.4 Å². The van der Waals surface area contributed by atoms with Crippen molar-refractivity contribution in [1.82, 2.24) is 5.32 Å². The van der Waals surface area contributed by atoms with Crippen LogP contribution >= 0.6 is 11.8 Å². The van der Waals surface area contributed by atoms with Gasteiger partial charge in [-0.1, -0.05) is 0 Å². The molecule has 0 aromatic carbocycles. The van der Waals surface area contributed by atoms with Gasteiger partial charge in [-0.25, -0.2) is 0 Å². The van der Waals surface area contributed by atoms with Crippen molar-refractivity contribution in [3.8, 4) is 0 Å². The van der Waals surface area contributed by atoms with Crippen molar-refractivity contribution in [2.75, 3.05) is 18.8 Å². The fourth-order valence-electron chi connectivity index (χ4n) is 0.873. The SMILES string of the molecule is O=C(O)C1CNCCCS1. The maximum Gasteiger partial charge on any atom is 0.317 e. The minimum Gasteiger partial charge on any atom is -0.480 e. The maximum atomic E-state index is 10.4. The molecular weight excluding hydrogens is 150 g/mol. The van der Waals surface area contributed by atoms with Gasteiger partial charge in [0.2, 0.25) is 0 Å². The summed E-state index contributed by atoms with van der Waals surface area (Å²) in [5, 5.41) is 11.4. The van der Waals surface area contributed by atoms with Crippen LogP contribution in [-0.2, 0) is 4.79 Å². The van der Waals surface area contributed by atoms with Crippen LogP contribution < -0.4 is 5.32 Å². The van der Waals surface area contributed by atoms with Gasteiger partial charge in [0, 0.05) is 6.54 Å². The summed E-state index contributed by atoms with van der Waals surface area (Å²) >= 11 is 1.53. The molecule has 0 amide bonds. The molecule has 0 aromatic rings. The fraction of sp³-hybridized carbons (Fsp3) is 0.833. The molecule has 2 N–H and O–H groups in total. The van der Waals surface area contributed by atoms with Crippen LogP contribution in [0.4, 0.5) is 0 Å². The van der Waals surface area contributed by atoms with E-state index >= 15 is 0 Å². The molecule has 1 unspecified atom stereocenters. The minimum atomic E-state index is -0.695. The molecule has 1 heterocycles. The third kappa shape index (κ3) is 2.19. The van der Waals surface area contributed by atoms with E-state index in [0.29, 0.717) is 6.54 Å². The smallest absolute Gasteiger partial charge is 0.317 e. The molecule has 0 radical (unpaired) electrons. The van der Waals surface area contributed by atoms with Crippen molar-refractivity contribution in [3.63, 3.8) is 0 Å². The summed E-state index contributed by atoms with van der Waals surface area (Å²) in [7, 11) is 0. The first-order chi connectivity index (χ1) is 4.80. The molecular formula is C6H11NO2S. The lowest BCUT2D eigenvalue weighted by atomic mass is 10.4. The zero-order valence-electron chi connectivity index (χ0n) is 5.67. The molecule has 10 heavy (non-hydrogen) atoms. The molecule has 3 nitrogen and oxygen atoms in total. The van der Waals surface area contributed by atoms with Gasteiger partial charge in [-0.3, -0.25) is 4.79 Å². The molecule has 1 rings (SSSR count). The average Bonchev–Trinajstić information content (AvgIpc) is 2.12. The highest BCUT2D eigenvalue weighted by molar-refractivity contribution is 8.00. The topological polar surface area (TPSA) is 49.3 Å². The van der Waals surface area contributed by atoms with E-state index in [-0.39, 0.29) is 5.25 Å². The maximum absolute atomic E-state index is 10.4. The molecule has 0 saturated carbocycles. The summed E-state index contributed by atoms with van der Waals surface area (Å²) in [6.45, 7) is 1.57. The van der Waals surface area contributed by atoms with E-state index in [2.05, 4.69) is 5.32 Å². The Morgan fingerprint density at radius 3 is 3.20 bits per heavy atom. The second kappa shape index (κ2) is 3.83. The van der Waals surface area contributed by atoms with Crippen LogP contribution in [0.25, 0.3) is 0 Å². The number of thioether (sulfide) groups is 1. The van der Waals surface area contributed by atoms with E-state index in [1.165, 1.54) is 11.8 Å². The Balaban J connectivity index is 2.35. The third-order valence-electron chi connectivity index (χ3n) is 1.42. The van der Waals surface area contributed by atoms with Crippen LogP contribution in [0.15, 0.2) is 0 Å². The highest BCUT2D eigenvalue weighted by atomic mass is 32.2. The molecule has 1 aliphatic heterocycles. The minimum absolute atomic E-state index is 0.234. The number of hydrogen-bond acceptors (Lipinski definition) is 3. The Labute approximate surface area is 64.2 Å². The van der Waals surface area contributed by atoms with E-state index < -0.39 is 5.97 Å². The van der Waals surface area contributed by atoms with Crippen LogP contribution in [0.5, 0.6) is 0 Å². The Kier molecular flexibility index (Phi) is 3.02. The molecule has 0 aromatic heterocycles. The summed E-state index contributed by atoms with van der Waals surface area (Å²) in [4.78, 5) is 10.4. The highest BCUT2D eigenvalue weighted by Gasteiger charge is 2.18. The van der Waals surface area contributed by atoms with E-state index in [0.717, 1.165) is 18.7 Å². The van der Waals surface area contributed by atoms with Gasteiger partial charge in [-0.05, 0) is 18.7 Å². The summed E-state index contributed by atoms with van der Waals surface area (Å²) in [6.07, 6.45) is 1.08. The third-order valence-corrected chi connectivity index (χ3v) is 2.72. The van der Waals surface area contributed by atoms with E-state index in [9.17, 15) is 4.79 Å². The molecule has 1 fully saturated rings. The molecule has 58 valence electrons. The first kappa shape index (κ1) is 7.88. The number of aliphatic carboxylic acids is 1. The number of rotatable bonds is 1. The van der Waals surface area contributed by atoms with Crippen molar-refractivity contribution in [3.05, 3.63) is 0 Å². The van der Waals surface area contributed by atoms with Crippen LogP contribution in [0.2, 0.25) is 0 Å². The van der Waals surface area contributed by atoms with E-state index in [1.54, 1.807) is 0 Å². The van der Waals surface area contributed by atoms with Crippen LogP contribution in [0.3, 0.4) is 0 Å². The number of carboxylic acid groups (broad SMARTS) is 1. The zero-order valence-corrected chi connectivity index (χ0v) is 6.49. The zero-order chi connectivity index (χ0) is 7.40. The predicted molar refractivity (Wildman–Crippen MR) is 41.4 cm³/mol. The van der Waals surface area contributed by atoms with Crippen LogP contribution in [-0.4, -0.2) is 35.2 Å². The average molecular weight is 161 g/mol. The molecule has 0 bridgehead atoms. The second-order valence-electron chi connectivity index (χ2n) is 2.26. The van der Waals surface area contributed by atoms with Gasteiger partial charge in [0.05, 0.1) is 0 Å². The molecule has 1 aliphatic rings. The summed E-state index contributed by atoms with van der Waals surface area (Å²) < 4.78 is 0. The normalized spacial score (nSPS) is 27.4. The van der Waals surface area contributed by atoms with E-state index in [1.807, 2.05) is 0 Å². The Bertz CT molecular complexity index is 121. The van der Waals surface area contributed by atoms with Crippen molar-refractivity contribution in [2.45, 2.75) is 11.7 Å². The van der Waals surface area contributed by atoms with Gasteiger partial charge >= 0.3 is 5.97 Å². The second-order valence-corrected chi connectivity index (χ2v) is 3.57. The monoisotopic (exact) mass is 161 g/mol. The fourth-order valence-corrected chi connectivity index (χ4v) is 1.85. The van der Waals surface area contributed by atoms with Crippen molar-refractivity contribution in [2.24, 2.45) is 0 Å². The lowest BCUT2D eigenvalue weighted by molar-refractivity contribution is -0.136. The van der Waals surface area contributed by atoms with Gasteiger partial charge in [-0.15, -0.1) is 11.8 Å². The van der Waals surface area contributed by atoms with E-state index in [4.69, 9.17) is 5.11 Å². The van der Waals surface area contributed by atoms with Crippen molar-refractivity contribution >= 4 is 17.7 Å². The number of hydrogen-bond donors (Lipinski definition) is 2. The molecule has 0 spiro atoms. The van der Waals surface area contributed by atoms with Crippen molar-refractivity contribution < 1.29 is 9.90 Å². The van der Waals surface area contributed by atoms with Gasteiger partial charge in [0.25, 0.3) is 0 Å². The Morgan fingerprint density at radius 1 is 1.70 bits per heavy atom. The lowest BCUT2D eigenvalue weighted by Crippen LogP contribution is -2.28. The molecule has 1 saturated heterocycles. The van der Waals surface area contributed by atoms with Crippen LogP contribution in [0, 0.1) is 0 Å². The number of carboxylic acids is 1. The lowest BCUT2D eigenvalue weighted by Gasteiger charge is -2.06. The van der Waals surface area contributed by atoms with Gasteiger partial charge in [-0.2, -0.15) is 0 Å². The van der Waals surface area contributed by atoms with Gasteiger partial charge in [0.15, 0.2) is 0 Å². The number of nitrogens with one attached hydrogen (secondary N) is 1. The predicted octanol–water partition coefficient (Wildman–Crippen LogP) is 0.166. The molecule has 0 aliphatic carbocycles. The number of carbonyl (C=O) groups is 1. The van der Waals surface area contributed by atoms with Gasteiger partial charge in [0.1, 0.15) is 5.25 Å². The molecule has 4 heteroatoms. The van der Waals surface area contributed by atoms with Crippen molar-refractivity contribution in [1.29, 1.82) is 0 Å². The standard InChI is InChI=1S/C6H11NO2S/c8-6(9)5-4-7-2-1-3-10-5/h5,7H,1-4H2,(H,8,9). The summed E-state index contributed by atoms with van der Waals surface area (Å²) in [6, 6.07) is 0. The van der Waals surface area contributed by atoms with Crippen LogP contribution in [0.1, 0.15) is 6.42 Å². The summed E-state index contributed by atoms with van der Waals surface area (Å²) in [5.74, 6) is 0.267. The Hall–Kier alpha value is -0.220. The summed E-state index contributed by atoms with van der Waals surface area (Å²) in [5.41, 5.74) is 0. The Morgan fingerprint density at radius 2 is 2.50 bits per heavy atom. The first-order valence-electron chi connectivity index (χ1n) is 3.36. The highest BCUT2D eigenvalue weighted by Crippen LogP contribution is 2.13. The molecule has 1 atom stereocenters. The first-order valence-corrected chi connectivity index (χ1v) is 4.40.